The number of hydrogen-bond donors (Lipinski definition) is 0. The zero-order valence-corrected chi connectivity index (χ0v) is 11.6. The molecule has 0 bridgehead atoms. The lowest BCUT2D eigenvalue weighted by Gasteiger charge is -2.41. The van der Waals surface area contributed by atoms with Gasteiger partial charge in [-0.2, -0.15) is 0 Å². The summed E-state index contributed by atoms with van der Waals surface area (Å²) in [4.78, 5) is 0. The molecule has 2 saturated heterocycles. The molecule has 0 aromatic rings. The Kier molecular flexibility index (Phi) is 3.65. The molecule has 0 aromatic heterocycles. The number of fused-ring (bicyclic) bond motifs is 2. The fraction of sp³-hybridized carbons (Fsp3) is 0.750. The van der Waals surface area contributed by atoms with Crippen LogP contribution in [0, 0.1) is 0 Å². The van der Waals surface area contributed by atoms with Crippen LogP contribution in [0.25, 0.3) is 0 Å². The summed E-state index contributed by atoms with van der Waals surface area (Å²) in [7, 11) is 0. The first-order valence-electron chi connectivity index (χ1n) is 7.81. The van der Waals surface area contributed by atoms with Gasteiger partial charge in [-0.05, 0) is 25.7 Å². The molecule has 0 amide bonds. The molecule has 0 unspecified atom stereocenters. The van der Waals surface area contributed by atoms with Crippen molar-refractivity contribution in [1.82, 2.24) is 0 Å². The first kappa shape index (κ1) is 13.0. The van der Waals surface area contributed by atoms with Crippen LogP contribution in [0.4, 0.5) is 0 Å². The molecule has 6 atom stereocenters. The van der Waals surface area contributed by atoms with Crippen molar-refractivity contribution in [3.05, 3.63) is 24.3 Å². The highest BCUT2D eigenvalue weighted by molar-refractivity contribution is 5.13. The van der Waals surface area contributed by atoms with Crippen LogP contribution >= 0.6 is 0 Å². The van der Waals surface area contributed by atoms with E-state index in [9.17, 15) is 0 Å². The molecule has 0 spiro atoms. The first-order chi connectivity index (χ1) is 9.90. The zero-order chi connectivity index (χ0) is 13.4. The van der Waals surface area contributed by atoms with Gasteiger partial charge in [-0.3, -0.25) is 0 Å². The van der Waals surface area contributed by atoms with Crippen molar-refractivity contribution >= 4 is 0 Å². The number of ether oxygens (including phenoxy) is 4. The maximum absolute atomic E-state index is 6.18. The highest BCUT2D eigenvalue weighted by Gasteiger charge is 2.37. The molecule has 4 rings (SSSR count). The Morgan fingerprint density at radius 1 is 0.600 bits per heavy atom. The molecule has 0 saturated carbocycles. The van der Waals surface area contributed by atoms with Crippen molar-refractivity contribution in [2.45, 2.75) is 62.3 Å². The Labute approximate surface area is 119 Å². The second-order valence-corrected chi connectivity index (χ2v) is 6.00. The molecule has 0 aromatic carbocycles. The van der Waals surface area contributed by atoms with E-state index in [0.717, 1.165) is 38.9 Å². The topological polar surface area (TPSA) is 36.9 Å². The SMILES string of the molecule is C1=C[C@H]2OCCC[C@@H]2O[C@@H]1[C@H]1C=C[C@H]2OCCC[C@@H]2O1. The largest absolute Gasteiger partial charge is 0.371 e. The molecule has 20 heavy (non-hydrogen) atoms. The van der Waals surface area contributed by atoms with E-state index >= 15 is 0 Å². The standard InChI is InChI=1S/C16H22O4/c1-3-13-11(17-9-1)5-7-15(19-13)16-8-6-12-14(20-16)4-2-10-18-12/h5-8,11-16H,1-4,9-10H2/t11-,12-,13+,14+,15-,16+/m1/s1. The zero-order valence-electron chi connectivity index (χ0n) is 11.6. The van der Waals surface area contributed by atoms with E-state index < -0.39 is 0 Å². The van der Waals surface area contributed by atoms with Gasteiger partial charge in [0.15, 0.2) is 0 Å². The van der Waals surface area contributed by atoms with Gasteiger partial charge in [0.2, 0.25) is 0 Å². The van der Waals surface area contributed by atoms with Crippen molar-refractivity contribution < 1.29 is 18.9 Å². The van der Waals surface area contributed by atoms with Gasteiger partial charge in [-0.25, -0.2) is 0 Å². The molecule has 110 valence electrons. The Balaban J connectivity index is 1.45. The summed E-state index contributed by atoms with van der Waals surface area (Å²) < 4.78 is 23.8. The lowest BCUT2D eigenvalue weighted by Crippen LogP contribution is -2.48. The van der Waals surface area contributed by atoms with Gasteiger partial charge in [0, 0.05) is 13.2 Å². The third kappa shape index (κ3) is 2.46. The molecule has 2 fully saturated rings. The van der Waals surface area contributed by atoms with Crippen LogP contribution in [0.1, 0.15) is 25.7 Å². The number of rotatable bonds is 1. The summed E-state index contributed by atoms with van der Waals surface area (Å²) in [6.45, 7) is 1.70. The van der Waals surface area contributed by atoms with Gasteiger partial charge >= 0.3 is 0 Å². The van der Waals surface area contributed by atoms with E-state index in [0.29, 0.717) is 0 Å². The Hall–Kier alpha value is -0.680. The van der Waals surface area contributed by atoms with Crippen molar-refractivity contribution in [2.24, 2.45) is 0 Å². The van der Waals surface area contributed by atoms with Crippen LogP contribution in [0.5, 0.6) is 0 Å². The normalized spacial score (nSPS) is 47.6. The van der Waals surface area contributed by atoms with E-state index in [1.165, 1.54) is 0 Å². The summed E-state index contributed by atoms with van der Waals surface area (Å²) >= 11 is 0. The number of hydrogen-bond acceptors (Lipinski definition) is 4. The van der Waals surface area contributed by atoms with Gasteiger partial charge in [0.05, 0.1) is 12.2 Å². The smallest absolute Gasteiger partial charge is 0.106 e. The average molecular weight is 278 g/mol. The lowest BCUT2D eigenvalue weighted by molar-refractivity contribution is -0.169. The molecular formula is C16H22O4. The fourth-order valence-electron chi connectivity index (χ4n) is 3.51. The summed E-state index contributed by atoms with van der Waals surface area (Å²) in [5, 5.41) is 0. The van der Waals surface area contributed by atoms with E-state index in [1.54, 1.807) is 0 Å². The second kappa shape index (κ2) is 5.60. The molecule has 4 aliphatic rings. The maximum atomic E-state index is 6.18. The van der Waals surface area contributed by atoms with Crippen molar-refractivity contribution in [1.29, 1.82) is 0 Å². The van der Waals surface area contributed by atoms with E-state index in [4.69, 9.17) is 18.9 Å². The van der Waals surface area contributed by atoms with Crippen molar-refractivity contribution in [3.8, 4) is 0 Å². The summed E-state index contributed by atoms with van der Waals surface area (Å²) in [5.74, 6) is 0. The summed E-state index contributed by atoms with van der Waals surface area (Å²) in [6.07, 6.45) is 13.5. The van der Waals surface area contributed by atoms with Gasteiger partial charge in [-0.15, -0.1) is 0 Å². The van der Waals surface area contributed by atoms with Crippen LogP contribution in [-0.2, 0) is 18.9 Å². The lowest BCUT2D eigenvalue weighted by atomic mass is 9.96. The molecular weight excluding hydrogens is 256 g/mol. The van der Waals surface area contributed by atoms with Crippen LogP contribution in [0.3, 0.4) is 0 Å². The van der Waals surface area contributed by atoms with E-state index in [2.05, 4.69) is 24.3 Å². The van der Waals surface area contributed by atoms with Gasteiger partial charge in [0.1, 0.15) is 24.4 Å². The predicted octanol–water partition coefficient (Wildman–Crippen LogP) is 1.99. The third-order valence-corrected chi connectivity index (χ3v) is 4.59. The predicted molar refractivity (Wildman–Crippen MR) is 73.6 cm³/mol. The Bertz CT molecular complexity index is 367. The van der Waals surface area contributed by atoms with Gasteiger partial charge < -0.3 is 18.9 Å². The minimum absolute atomic E-state index is 0.0112. The fourth-order valence-corrected chi connectivity index (χ4v) is 3.51. The Morgan fingerprint density at radius 3 is 1.55 bits per heavy atom. The van der Waals surface area contributed by atoms with Crippen LogP contribution in [-0.4, -0.2) is 49.8 Å². The second-order valence-electron chi connectivity index (χ2n) is 6.00. The maximum Gasteiger partial charge on any atom is 0.106 e. The van der Waals surface area contributed by atoms with Crippen molar-refractivity contribution in [2.75, 3.05) is 13.2 Å². The minimum atomic E-state index is 0.0112. The quantitative estimate of drug-likeness (QED) is 0.687. The van der Waals surface area contributed by atoms with Gasteiger partial charge in [0.25, 0.3) is 0 Å². The van der Waals surface area contributed by atoms with E-state index in [-0.39, 0.29) is 36.6 Å². The molecule has 0 N–H and O–H groups in total. The van der Waals surface area contributed by atoms with Crippen LogP contribution in [0.2, 0.25) is 0 Å². The monoisotopic (exact) mass is 278 g/mol. The van der Waals surface area contributed by atoms with Crippen LogP contribution in [0.15, 0.2) is 24.3 Å². The molecule has 4 nitrogen and oxygen atoms in total. The summed E-state index contributed by atoms with van der Waals surface area (Å²) in [5.41, 5.74) is 0. The third-order valence-electron chi connectivity index (χ3n) is 4.59. The highest BCUT2D eigenvalue weighted by Crippen LogP contribution is 2.30. The molecule has 4 aliphatic heterocycles. The summed E-state index contributed by atoms with van der Waals surface area (Å²) in [6, 6.07) is 0. The van der Waals surface area contributed by atoms with Gasteiger partial charge in [-0.1, -0.05) is 24.3 Å². The average Bonchev–Trinajstić information content (AvgIpc) is 2.54. The first-order valence-corrected chi connectivity index (χ1v) is 7.81. The highest BCUT2D eigenvalue weighted by atomic mass is 16.6. The molecule has 4 heteroatoms. The molecule has 0 aliphatic carbocycles. The van der Waals surface area contributed by atoms with Crippen LogP contribution < -0.4 is 0 Å². The van der Waals surface area contributed by atoms with E-state index in [1.807, 2.05) is 0 Å². The van der Waals surface area contributed by atoms with Crippen molar-refractivity contribution in [3.63, 3.8) is 0 Å². The molecule has 4 heterocycles. The Morgan fingerprint density at radius 2 is 1.05 bits per heavy atom. The molecule has 0 radical (unpaired) electrons. The minimum Gasteiger partial charge on any atom is -0.371 e.